The minimum atomic E-state index is -3.70. The summed E-state index contributed by atoms with van der Waals surface area (Å²) in [6.45, 7) is 0. The summed E-state index contributed by atoms with van der Waals surface area (Å²) in [6.07, 6.45) is 0. The maximum Gasteiger partial charge on any atom is 0.270 e. The molecular formula is C21H20BrN3O3S. The fourth-order valence-electron chi connectivity index (χ4n) is 2.64. The van der Waals surface area contributed by atoms with E-state index < -0.39 is 15.9 Å². The Hall–Kier alpha value is -2.68. The molecule has 0 saturated carbocycles. The Morgan fingerprint density at radius 2 is 1.38 bits per heavy atom. The van der Waals surface area contributed by atoms with Crippen LogP contribution in [-0.2, 0) is 10.0 Å². The first kappa shape index (κ1) is 21.0. The van der Waals surface area contributed by atoms with E-state index >= 15 is 0 Å². The molecular weight excluding hydrogens is 454 g/mol. The summed E-state index contributed by atoms with van der Waals surface area (Å²) in [4.78, 5) is 13.0. The molecule has 0 aliphatic rings. The van der Waals surface area contributed by atoms with Gasteiger partial charge in [0.2, 0.25) is 10.0 Å². The molecule has 0 spiro atoms. The number of nitrogens with zero attached hydrogens (tertiary/aromatic N) is 2. The van der Waals surface area contributed by atoms with Crippen LogP contribution in [0, 0.1) is 0 Å². The number of nitrogens with one attached hydrogen (secondary N) is 1. The van der Waals surface area contributed by atoms with Crippen molar-refractivity contribution in [3.8, 4) is 0 Å². The highest BCUT2D eigenvalue weighted by Crippen LogP contribution is 2.26. The summed E-state index contributed by atoms with van der Waals surface area (Å²) in [6, 6.07) is 23.3. The molecule has 0 radical (unpaired) electrons. The van der Waals surface area contributed by atoms with E-state index in [0.717, 1.165) is 15.7 Å². The van der Waals surface area contributed by atoms with E-state index in [-0.39, 0.29) is 10.5 Å². The van der Waals surface area contributed by atoms with Crippen LogP contribution in [0.15, 0.2) is 88.2 Å². The van der Waals surface area contributed by atoms with Crippen molar-refractivity contribution in [1.82, 2.24) is 9.73 Å². The van der Waals surface area contributed by atoms with Crippen LogP contribution >= 0.6 is 15.9 Å². The summed E-state index contributed by atoms with van der Waals surface area (Å²) >= 11 is 3.26. The summed E-state index contributed by atoms with van der Waals surface area (Å²) in [5.41, 5.74) is 4.63. The van der Waals surface area contributed by atoms with Crippen molar-refractivity contribution in [1.29, 1.82) is 0 Å². The van der Waals surface area contributed by atoms with Crippen molar-refractivity contribution in [3.63, 3.8) is 0 Å². The number of halogens is 1. The molecule has 8 heteroatoms. The molecule has 1 amide bonds. The van der Waals surface area contributed by atoms with Crippen molar-refractivity contribution < 1.29 is 13.2 Å². The van der Waals surface area contributed by atoms with Crippen LogP contribution in [0.2, 0.25) is 0 Å². The monoisotopic (exact) mass is 473 g/mol. The van der Waals surface area contributed by atoms with E-state index in [1.807, 2.05) is 60.7 Å². The standard InChI is InChI=1S/C21H20BrN3O3S/c1-24(2)29(27,28)20-15-16(13-14-19(20)22)21(26)23-25(17-9-5-3-6-10-17)18-11-7-4-8-12-18/h3-15H,1-2H3,(H,23,26). The molecule has 29 heavy (non-hydrogen) atoms. The third-order valence-electron chi connectivity index (χ3n) is 4.19. The Balaban J connectivity index is 1.97. The van der Waals surface area contributed by atoms with Gasteiger partial charge in [-0.05, 0) is 58.4 Å². The van der Waals surface area contributed by atoms with Crippen LogP contribution in [0.4, 0.5) is 11.4 Å². The van der Waals surface area contributed by atoms with Gasteiger partial charge in [-0.2, -0.15) is 0 Å². The van der Waals surface area contributed by atoms with E-state index in [2.05, 4.69) is 21.4 Å². The number of hydrogen-bond acceptors (Lipinski definition) is 4. The van der Waals surface area contributed by atoms with Gasteiger partial charge in [-0.25, -0.2) is 12.7 Å². The average Bonchev–Trinajstić information content (AvgIpc) is 2.73. The van der Waals surface area contributed by atoms with Gasteiger partial charge in [0.05, 0.1) is 16.3 Å². The minimum absolute atomic E-state index is 0.0288. The van der Waals surface area contributed by atoms with Crippen LogP contribution in [-0.4, -0.2) is 32.7 Å². The Morgan fingerprint density at radius 1 is 0.862 bits per heavy atom. The Morgan fingerprint density at radius 3 is 1.86 bits per heavy atom. The van der Waals surface area contributed by atoms with Gasteiger partial charge in [-0.3, -0.25) is 15.2 Å². The second-order valence-electron chi connectivity index (χ2n) is 6.38. The third kappa shape index (κ3) is 4.67. The molecule has 0 atom stereocenters. The number of anilines is 2. The van der Waals surface area contributed by atoms with Gasteiger partial charge in [-0.15, -0.1) is 0 Å². The summed E-state index contributed by atoms with van der Waals surface area (Å²) in [5.74, 6) is -0.430. The van der Waals surface area contributed by atoms with Crippen LogP contribution < -0.4 is 10.4 Å². The molecule has 6 nitrogen and oxygen atoms in total. The molecule has 1 N–H and O–H groups in total. The number of sulfonamides is 1. The number of hydrogen-bond donors (Lipinski definition) is 1. The number of carbonyl (C=O) groups excluding carboxylic acids is 1. The van der Waals surface area contributed by atoms with E-state index in [9.17, 15) is 13.2 Å². The normalized spacial score (nSPS) is 11.3. The Bertz CT molecular complexity index is 1070. The van der Waals surface area contributed by atoms with Crippen LogP contribution in [0.5, 0.6) is 0 Å². The molecule has 0 heterocycles. The molecule has 0 aliphatic heterocycles. The zero-order chi connectivity index (χ0) is 21.0. The Labute approximate surface area is 178 Å². The van der Waals surface area contributed by atoms with Gasteiger partial charge in [0.1, 0.15) is 0 Å². The molecule has 150 valence electrons. The number of rotatable bonds is 6. The van der Waals surface area contributed by atoms with E-state index in [4.69, 9.17) is 0 Å². The minimum Gasteiger partial charge on any atom is -0.267 e. The molecule has 3 aromatic carbocycles. The van der Waals surface area contributed by atoms with Crippen LogP contribution in [0.25, 0.3) is 0 Å². The zero-order valence-electron chi connectivity index (χ0n) is 15.9. The van der Waals surface area contributed by atoms with Gasteiger partial charge in [-0.1, -0.05) is 36.4 Å². The highest BCUT2D eigenvalue weighted by atomic mass is 79.9. The zero-order valence-corrected chi connectivity index (χ0v) is 18.3. The van der Waals surface area contributed by atoms with Gasteiger partial charge in [0, 0.05) is 24.1 Å². The van der Waals surface area contributed by atoms with E-state index in [1.165, 1.54) is 20.2 Å². The molecule has 0 unspecified atom stereocenters. The lowest BCUT2D eigenvalue weighted by atomic mass is 10.2. The maximum atomic E-state index is 13.0. The maximum absolute atomic E-state index is 13.0. The van der Waals surface area contributed by atoms with Gasteiger partial charge >= 0.3 is 0 Å². The lowest BCUT2D eigenvalue weighted by Crippen LogP contribution is -2.39. The average molecular weight is 474 g/mol. The van der Waals surface area contributed by atoms with Gasteiger partial charge in [0.25, 0.3) is 5.91 Å². The highest BCUT2D eigenvalue weighted by molar-refractivity contribution is 9.10. The molecule has 0 aromatic heterocycles. The number of hydrazine groups is 1. The van der Waals surface area contributed by atoms with Crippen molar-refractivity contribution in [2.45, 2.75) is 4.90 Å². The second-order valence-corrected chi connectivity index (χ2v) is 9.35. The highest BCUT2D eigenvalue weighted by Gasteiger charge is 2.23. The topological polar surface area (TPSA) is 69.7 Å². The lowest BCUT2D eigenvalue weighted by Gasteiger charge is -2.25. The summed E-state index contributed by atoms with van der Waals surface area (Å²) < 4.78 is 26.6. The van der Waals surface area contributed by atoms with Crippen LogP contribution in [0.1, 0.15) is 10.4 Å². The first-order valence-corrected chi connectivity index (χ1v) is 11.0. The van der Waals surface area contributed by atoms with Crippen molar-refractivity contribution in [3.05, 3.63) is 88.9 Å². The van der Waals surface area contributed by atoms with Gasteiger partial charge in [0.15, 0.2) is 0 Å². The molecule has 3 rings (SSSR count). The summed E-state index contributed by atoms with van der Waals surface area (Å²) in [5, 5.41) is 1.66. The molecule has 0 aliphatic carbocycles. The van der Waals surface area contributed by atoms with Crippen molar-refractivity contribution >= 4 is 43.2 Å². The molecule has 0 saturated heterocycles. The third-order valence-corrected chi connectivity index (χ3v) is 7.00. The fraction of sp³-hybridized carbons (Fsp3) is 0.0952. The Kier molecular flexibility index (Phi) is 6.36. The number of amides is 1. The SMILES string of the molecule is CN(C)S(=O)(=O)c1cc(C(=O)NN(c2ccccc2)c2ccccc2)ccc1Br. The largest absolute Gasteiger partial charge is 0.270 e. The summed E-state index contributed by atoms with van der Waals surface area (Å²) in [7, 11) is -0.813. The van der Waals surface area contributed by atoms with E-state index in [0.29, 0.717) is 4.47 Å². The predicted octanol–water partition coefficient (Wildman–Crippen LogP) is 4.18. The fourth-order valence-corrected chi connectivity index (χ4v) is 4.48. The number of benzene rings is 3. The predicted molar refractivity (Wildman–Crippen MR) is 118 cm³/mol. The van der Waals surface area contributed by atoms with Crippen molar-refractivity contribution in [2.75, 3.05) is 19.1 Å². The lowest BCUT2D eigenvalue weighted by molar-refractivity contribution is 0.0953. The smallest absolute Gasteiger partial charge is 0.267 e. The van der Waals surface area contributed by atoms with E-state index in [1.54, 1.807) is 17.1 Å². The van der Waals surface area contributed by atoms with Crippen molar-refractivity contribution in [2.24, 2.45) is 0 Å². The number of para-hydroxylation sites is 2. The molecule has 0 fully saturated rings. The second kappa shape index (κ2) is 8.77. The first-order chi connectivity index (χ1) is 13.8. The molecule has 3 aromatic rings. The molecule has 0 bridgehead atoms. The number of carbonyl (C=O) groups is 1. The van der Waals surface area contributed by atoms with Crippen LogP contribution in [0.3, 0.4) is 0 Å². The van der Waals surface area contributed by atoms with Gasteiger partial charge < -0.3 is 0 Å². The quantitative estimate of drug-likeness (QED) is 0.545. The first-order valence-electron chi connectivity index (χ1n) is 8.74.